The first-order valence-corrected chi connectivity index (χ1v) is 6.45. The Hall–Kier alpha value is -2.14. The number of aromatic nitrogens is 2. The molecular formula is C15H16N2O3. The summed E-state index contributed by atoms with van der Waals surface area (Å²) in [5.74, 6) is 0. The highest BCUT2D eigenvalue weighted by Gasteiger charge is 2.55. The smallest absolute Gasteiger partial charge is 0.330 e. The molecule has 1 aromatic carbocycles. The first-order valence-electron chi connectivity index (χ1n) is 6.45. The predicted octanol–water partition coefficient (Wildman–Crippen LogP) is 1.07. The van der Waals surface area contributed by atoms with Crippen LogP contribution in [-0.4, -0.2) is 9.13 Å². The molecule has 1 saturated heterocycles. The summed E-state index contributed by atoms with van der Waals surface area (Å²) < 4.78 is 8.36. The van der Waals surface area contributed by atoms with Crippen LogP contribution < -0.4 is 11.2 Å². The van der Waals surface area contributed by atoms with Crippen LogP contribution in [-0.2, 0) is 24.4 Å². The largest absolute Gasteiger partial charge is 0.355 e. The van der Waals surface area contributed by atoms with Gasteiger partial charge in [-0.25, -0.2) is 4.79 Å². The van der Waals surface area contributed by atoms with Crippen LogP contribution >= 0.6 is 0 Å². The lowest BCUT2D eigenvalue weighted by atomic mass is 9.96. The molecule has 3 rings (SSSR count). The zero-order chi connectivity index (χ0) is 14.5. The summed E-state index contributed by atoms with van der Waals surface area (Å²) >= 11 is 0. The molecule has 1 aromatic heterocycles. The third-order valence-corrected chi connectivity index (χ3v) is 3.98. The van der Waals surface area contributed by atoms with Crippen LogP contribution in [0.1, 0.15) is 24.3 Å². The molecule has 2 heterocycles. The van der Waals surface area contributed by atoms with E-state index in [1.165, 1.54) is 17.7 Å². The zero-order valence-corrected chi connectivity index (χ0v) is 11.7. The van der Waals surface area contributed by atoms with Gasteiger partial charge in [0, 0.05) is 20.2 Å². The summed E-state index contributed by atoms with van der Waals surface area (Å²) in [5.41, 5.74) is 0.535. The zero-order valence-electron chi connectivity index (χ0n) is 11.7. The number of hydrogen-bond acceptors (Lipinski definition) is 3. The molecule has 104 valence electrons. The Kier molecular flexibility index (Phi) is 2.69. The van der Waals surface area contributed by atoms with Gasteiger partial charge in [0.1, 0.15) is 11.7 Å². The van der Waals surface area contributed by atoms with Gasteiger partial charge in [0.25, 0.3) is 5.56 Å². The second-order valence-electron chi connectivity index (χ2n) is 5.28. The van der Waals surface area contributed by atoms with Gasteiger partial charge in [-0.15, -0.1) is 0 Å². The van der Waals surface area contributed by atoms with Crippen LogP contribution in [0.5, 0.6) is 0 Å². The van der Waals surface area contributed by atoms with Crippen molar-refractivity contribution in [3.05, 3.63) is 68.5 Å². The van der Waals surface area contributed by atoms with Crippen molar-refractivity contribution < 1.29 is 4.74 Å². The van der Waals surface area contributed by atoms with Crippen LogP contribution in [0.15, 0.2) is 46.0 Å². The van der Waals surface area contributed by atoms with E-state index in [9.17, 15) is 9.59 Å². The van der Waals surface area contributed by atoms with Gasteiger partial charge in [-0.2, -0.15) is 0 Å². The number of benzene rings is 1. The van der Waals surface area contributed by atoms with Crippen molar-refractivity contribution in [2.24, 2.45) is 14.1 Å². The first kappa shape index (κ1) is 12.9. The van der Waals surface area contributed by atoms with Gasteiger partial charge in [-0.1, -0.05) is 30.3 Å². The molecule has 1 aliphatic rings. The van der Waals surface area contributed by atoms with Gasteiger partial charge in [0.05, 0.1) is 5.69 Å². The standard InChI is InChI=1S/C15H16N2O3/c1-15(10-7-5-4-6-8-10)13(20-15)11-9-12(18)17(3)14(19)16(11)2/h4-9,13H,1-3H3/t13-,15-/m1/s1. The van der Waals surface area contributed by atoms with Crippen LogP contribution in [0.3, 0.4) is 0 Å². The molecular weight excluding hydrogens is 256 g/mol. The van der Waals surface area contributed by atoms with E-state index in [4.69, 9.17) is 4.74 Å². The molecule has 0 saturated carbocycles. The van der Waals surface area contributed by atoms with Gasteiger partial charge in [-0.3, -0.25) is 13.9 Å². The van der Waals surface area contributed by atoms with E-state index >= 15 is 0 Å². The second-order valence-corrected chi connectivity index (χ2v) is 5.28. The molecule has 0 unspecified atom stereocenters. The fraction of sp³-hybridized carbons (Fsp3) is 0.333. The first-order chi connectivity index (χ1) is 9.45. The Morgan fingerprint density at radius 1 is 1.10 bits per heavy atom. The number of ether oxygens (including phenoxy) is 1. The number of nitrogens with zero attached hydrogens (tertiary/aromatic N) is 2. The van der Waals surface area contributed by atoms with Gasteiger partial charge in [0.15, 0.2) is 0 Å². The molecule has 0 radical (unpaired) electrons. The molecule has 0 N–H and O–H groups in total. The highest BCUT2D eigenvalue weighted by atomic mass is 16.6. The number of hydrogen-bond donors (Lipinski definition) is 0. The predicted molar refractivity (Wildman–Crippen MR) is 74.5 cm³/mol. The van der Waals surface area contributed by atoms with Crippen LogP contribution in [0.25, 0.3) is 0 Å². The summed E-state index contributed by atoms with van der Waals surface area (Å²) in [6.07, 6.45) is -0.267. The van der Waals surface area contributed by atoms with Gasteiger partial charge in [-0.05, 0) is 12.5 Å². The van der Waals surface area contributed by atoms with Crippen LogP contribution in [0.4, 0.5) is 0 Å². The van der Waals surface area contributed by atoms with Gasteiger partial charge in [0.2, 0.25) is 0 Å². The number of epoxide rings is 1. The molecule has 5 heteroatoms. The van der Waals surface area contributed by atoms with Crippen molar-refractivity contribution in [3.8, 4) is 0 Å². The average Bonchev–Trinajstić information content (AvgIpc) is 3.15. The fourth-order valence-electron chi connectivity index (χ4n) is 2.54. The fourth-order valence-corrected chi connectivity index (χ4v) is 2.54. The third kappa shape index (κ3) is 1.74. The monoisotopic (exact) mass is 272 g/mol. The van der Waals surface area contributed by atoms with Crippen molar-refractivity contribution >= 4 is 0 Å². The quantitative estimate of drug-likeness (QED) is 0.768. The summed E-state index contributed by atoms with van der Waals surface area (Å²) in [6, 6.07) is 11.3. The molecule has 2 aromatic rings. The summed E-state index contributed by atoms with van der Waals surface area (Å²) in [7, 11) is 3.13. The maximum Gasteiger partial charge on any atom is 0.330 e. The van der Waals surface area contributed by atoms with Crippen molar-refractivity contribution in [3.63, 3.8) is 0 Å². The van der Waals surface area contributed by atoms with E-state index in [1.54, 1.807) is 7.05 Å². The molecule has 0 spiro atoms. The summed E-state index contributed by atoms with van der Waals surface area (Å²) in [6.45, 7) is 1.97. The Labute approximate surface area is 116 Å². The van der Waals surface area contributed by atoms with Crippen molar-refractivity contribution in [2.75, 3.05) is 0 Å². The van der Waals surface area contributed by atoms with E-state index in [0.29, 0.717) is 5.69 Å². The molecule has 0 bridgehead atoms. The highest BCUT2D eigenvalue weighted by molar-refractivity contribution is 5.32. The summed E-state index contributed by atoms with van der Waals surface area (Å²) in [4.78, 5) is 23.7. The van der Waals surface area contributed by atoms with Crippen LogP contribution in [0, 0.1) is 0 Å². The molecule has 2 atom stereocenters. The minimum atomic E-state index is -0.474. The molecule has 1 aliphatic heterocycles. The van der Waals surface area contributed by atoms with Crippen LogP contribution in [0.2, 0.25) is 0 Å². The lowest BCUT2D eigenvalue weighted by Gasteiger charge is -2.10. The Balaban J connectivity index is 2.06. The van der Waals surface area contributed by atoms with Gasteiger partial charge >= 0.3 is 5.69 Å². The average molecular weight is 272 g/mol. The topological polar surface area (TPSA) is 56.5 Å². The van der Waals surface area contributed by atoms with Crippen molar-refractivity contribution in [1.29, 1.82) is 0 Å². The van der Waals surface area contributed by atoms with E-state index in [-0.39, 0.29) is 17.4 Å². The Morgan fingerprint density at radius 2 is 1.75 bits per heavy atom. The van der Waals surface area contributed by atoms with E-state index in [1.807, 2.05) is 37.3 Å². The maximum absolute atomic E-state index is 12.0. The van der Waals surface area contributed by atoms with Crippen molar-refractivity contribution in [2.45, 2.75) is 18.6 Å². The van der Waals surface area contributed by atoms with E-state index in [2.05, 4.69) is 0 Å². The Bertz CT molecular complexity index is 776. The molecule has 5 nitrogen and oxygen atoms in total. The third-order valence-electron chi connectivity index (χ3n) is 3.98. The second kappa shape index (κ2) is 4.18. The highest BCUT2D eigenvalue weighted by Crippen LogP contribution is 2.55. The summed E-state index contributed by atoms with van der Waals surface area (Å²) in [5, 5.41) is 0. The van der Waals surface area contributed by atoms with E-state index < -0.39 is 5.60 Å². The van der Waals surface area contributed by atoms with E-state index in [0.717, 1.165) is 10.1 Å². The molecule has 0 amide bonds. The van der Waals surface area contributed by atoms with Crippen molar-refractivity contribution in [1.82, 2.24) is 9.13 Å². The normalized spacial score (nSPS) is 24.6. The lowest BCUT2D eigenvalue weighted by molar-refractivity contribution is 0.310. The van der Waals surface area contributed by atoms with Gasteiger partial charge < -0.3 is 4.74 Å². The lowest BCUT2D eigenvalue weighted by Crippen LogP contribution is -2.38. The Morgan fingerprint density at radius 3 is 2.40 bits per heavy atom. The minimum absolute atomic E-state index is 0.267. The minimum Gasteiger partial charge on any atom is -0.355 e. The molecule has 0 aliphatic carbocycles. The molecule has 20 heavy (non-hydrogen) atoms. The molecule has 1 fully saturated rings. The maximum atomic E-state index is 12.0. The number of rotatable bonds is 2. The SMILES string of the molecule is Cn1c([C@H]2O[C@]2(C)c2ccccc2)cc(=O)n(C)c1=O.